The van der Waals surface area contributed by atoms with Gasteiger partial charge in [-0.05, 0) is 61.7 Å². The summed E-state index contributed by atoms with van der Waals surface area (Å²) in [6, 6.07) is 7.49. The van der Waals surface area contributed by atoms with Crippen LogP contribution in [-0.4, -0.2) is 11.1 Å². The summed E-state index contributed by atoms with van der Waals surface area (Å²) in [6.07, 6.45) is 5.39. The Morgan fingerprint density at radius 2 is 2.10 bits per heavy atom. The van der Waals surface area contributed by atoms with E-state index in [2.05, 4.69) is 42.2 Å². The van der Waals surface area contributed by atoms with Gasteiger partial charge < -0.3 is 9.88 Å². The normalized spacial score (nSPS) is 12.6. The highest BCUT2D eigenvalue weighted by Gasteiger charge is 2.07. The van der Waals surface area contributed by atoms with Gasteiger partial charge in [-0.1, -0.05) is 13.0 Å². The van der Waals surface area contributed by atoms with Crippen LogP contribution in [-0.2, 0) is 6.54 Å². The maximum atomic E-state index is 13.1. The molecule has 1 aromatic carbocycles. The largest absolute Gasteiger partial charge is 0.350 e. The molecule has 2 aromatic rings. The summed E-state index contributed by atoms with van der Waals surface area (Å²) < 4.78 is 15.3. The van der Waals surface area contributed by atoms with E-state index in [4.69, 9.17) is 0 Å². The lowest BCUT2D eigenvalue weighted by Crippen LogP contribution is -2.18. The lowest BCUT2D eigenvalue weighted by atomic mass is 10.1. The van der Waals surface area contributed by atoms with Crippen LogP contribution in [0.1, 0.15) is 43.0 Å². The molecule has 0 spiro atoms. The molecule has 1 unspecified atom stereocenters. The minimum Gasteiger partial charge on any atom is -0.350 e. The summed E-state index contributed by atoms with van der Waals surface area (Å²) in [6.45, 7) is 8.12. The van der Waals surface area contributed by atoms with E-state index in [1.807, 2.05) is 13.0 Å². The first-order chi connectivity index (χ1) is 9.60. The van der Waals surface area contributed by atoms with Gasteiger partial charge in [-0.3, -0.25) is 0 Å². The number of nitrogens with zero attached hydrogens (tertiary/aromatic N) is 1. The lowest BCUT2D eigenvalue weighted by Gasteiger charge is -2.11. The van der Waals surface area contributed by atoms with Gasteiger partial charge in [0.2, 0.25) is 0 Å². The number of aromatic nitrogens is 1. The van der Waals surface area contributed by atoms with Crippen LogP contribution in [0.5, 0.6) is 0 Å². The topological polar surface area (TPSA) is 17.0 Å². The monoisotopic (exact) mass is 274 g/mol. The highest BCUT2D eigenvalue weighted by molar-refractivity contribution is 5.27. The van der Waals surface area contributed by atoms with Crippen LogP contribution < -0.4 is 5.32 Å². The van der Waals surface area contributed by atoms with E-state index < -0.39 is 0 Å². The van der Waals surface area contributed by atoms with Gasteiger partial charge >= 0.3 is 0 Å². The molecule has 0 radical (unpaired) electrons. The predicted octanol–water partition coefficient (Wildman–Crippen LogP) is 4.04. The molecular formula is C17H23FN2. The van der Waals surface area contributed by atoms with Crippen LogP contribution in [0.2, 0.25) is 0 Å². The molecule has 20 heavy (non-hydrogen) atoms. The number of rotatable bonds is 6. The van der Waals surface area contributed by atoms with Gasteiger partial charge in [-0.2, -0.15) is 0 Å². The number of benzene rings is 1. The third-order valence-corrected chi connectivity index (χ3v) is 3.63. The fraction of sp³-hybridized carbons (Fsp3) is 0.412. The van der Waals surface area contributed by atoms with E-state index in [1.165, 1.54) is 11.6 Å². The average molecular weight is 274 g/mol. The first-order valence-electron chi connectivity index (χ1n) is 7.24. The van der Waals surface area contributed by atoms with E-state index in [-0.39, 0.29) is 5.82 Å². The zero-order valence-corrected chi connectivity index (χ0v) is 12.5. The summed E-state index contributed by atoms with van der Waals surface area (Å²) in [7, 11) is 0. The van der Waals surface area contributed by atoms with Crippen molar-refractivity contribution in [3.8, 4) is 0 Å². The van der Waals surface area contributed by atoms with Gasteiger partial charge in [0.1, 0.15) is 5.82 Å². The Morgan fingerprint density at radius 3 is 2.80 bits per heavy atom. The van der Waals surface area contributed by atoms with Crippen molar-refractivity contribution in [3.63, 3.8) is 0 Å². The van der Waals surface area contributed by atoms with Crippen LogP contribution in [0.15, 0.2) is 36.7 Å². The molecule has 3 heteroatoms. The van der Waals surface area contributed by atoms with Crippen molar-refractivity contribution in [1.29, 1.82) is 0 Å². The standard InChI is InChI=1S/C17H23FN2/c1-4-8-19-14(3)16-7-9-20(12-16)11-15-5-6-17(18)10-13(15)2/h5-7,9-10,12,14,19H,4,8,11H2,1-3H3. The molecule has 1 atom stereocenters. The second-order valence-electron chi connectivity index (χ2n) is 5.36. The number of nitrogens with one attached hydrogen (secondary N) is 1. The van der Waals surface area contributed by atoms with Crippen molar-refractivity contribution in [2.45, 2.75) is 39.8 Å². The lowest BCUT2D eigenvalue weighted by molar-refractivity contribution is 0.569. The fourth-order valence-corrected chi connectivity index (χ4v) is 2.33. The molecule has 0 fully saturated rings. The van der Waals surface area contributed by atoms with Gasteiger partial charge in [0, 0.05) is 25.0 Å². The van der Waals surface area contributed by atoms with Crippen LogP contribution in [0, 0.1) is 12.7 Å². The zero-order chi connectivity index (χ0) is 14.5. The Kier molecular flexibility index (Phi) is 4.96. The van der Waals surface area contributed by atoms with Crippen molar-refractivity contribution >= 4 is 0 Å². The molecule has 0 saturated heterocycles. The predicted molar refractivity (Wildman–Crippen MR) is 81.4 cm³/mol. The average Bonchev–Trinajstić information content (AvgIpc) is 2.88. The molecular weight excluding hydrogens is 251 g/mol. The molecule has 1 heterocycles. The molecule has 0 aliphatic carbocycles. The van der Waals surface area contributed by atoms with Crippen LogP contribution >= 0.6 is 0 Å². The molecule has 1 aromatic heterocycles. The Morgan fingerprint density at radius 1 is 1.30 bits per heavy atom. The molecule has 0 aliphatic heterocycles. The maximum absolute atomic E-state index is 13.1. The van der Waals surface area contributed by atoms with Crippen molar-refractivity contribution in [3.05, 3.63) is 59.2 Å². The van der Waals surface area contributed by atoms with Crippen molar-refractivity contribution in [2.75, 3.05) is 6.54 Å². The van der Waals surface area contributed by atoms with E-state index >= 15 is 0 Å². The highest BCUT2D eigenvalue weighted by atomic mass is 19.1. The van der Waals surface area contributed by atoms with E-state index in [0.29, 0.717) is 6.04 Å². The Hall–Kier alpha value is -1.61. The Balaban J connectivity index is 2.05. The minimum absolute atomic E-state index is 0.170. The summed E-state index contributed by atoms with van der Waals surface area (Å²) in [4.78, 5) is 0. The smallest absolute Gasteiger partial charge is 0.123 e. The first-order valence-corrected chi connectivity index (χ1v) is 7.24. The number of hydrogen-bond donors (Lipinski definition) is 1. The highest BCUT2D eigenvalue weighted by Crippen LogP contribution is 2.16. The summed E-state index contributed by atoms with van der Waals surface area (Å²) >= 11 is 0. The van der Waals surface area contributed by atoms with Crippen LogP contribution in [0.3, 0.4) is 0 Å². The molecule has 0 aliphatic rings. The van der Waals surface area contributed by atoms with Crippen LogP contribution in [0.4, 0.5) is 4.39 Å². The van der Waals surface area contributed by atoms with E-state index in [9.17, 15) is 4.39 Å². The Bertz CT molecular complexity index is 560. The van der Waals surface area contributed by atoms with Crippen molar-refractivity contribution in [1.82, 2.24) is 9.88 Å². The number of hydrogen-bond acceptors (Lipinski definition) is 1. The second kappa shape index (κ2) is 6.71. The Labute approximate surface area is 120 Å². The van der Waals surface area contributed by atoms with Gasteiger partial charge in [0.05, 0.1) is 0 Å². The zero-order valence-electron chi connectivity index (χ0n) is 12.5. The van der Waals surface area contributed by atoms with Gasteiger partial charge in [-0.15, -0.1) is 0 Å². The molecule has 1 N–H and O–H groups in total. The molecule has 2 rings (SSSR count). The summed E-state index contributed by atoms with van der Waals surface area (Å²) in [5.41, 5.74) is 3.44. The number of halogens is 1. The van der Waals surface area contributed by atoms with Gasteiger partial charge in [0.15, 0.2) is 0 Å². The van der Waals surface area contributed by atoms with Crippen molar-refractivity contribution < 1.29 is 4.39 Å². The second-order valence-corrected chi connectivity index (χ2v) is 5.36. The quantitative estimate of drug-likeness (QED) is 0.841. The molecule has 0 bridgehead atoms. The fourth-order valence-electron chi connectivity index (χ4n) is 2.33. The molecule has 0 amide bonds. The summed E-state index contributed by atoms with van der Waals surface area (Å²) in [5, 5.41) is 3.48. The SMILES string of the molecule is CCCNC(C)c1ccn(Cc2ccc(F)cc2C)c1. The minimum atomic E-state index is -0.170. The molecule has 2 nitrogen and oxygen atoms in total. The summed E-state index contributed by atoms with van der Waals surface area (Å²) in [5.74, 6) is -0.170. The van der Waals surface area contributed by atoms with Gasteiger partial charge in [-0.25, -0.2) is 4.39 Å². The molecule has 108 valence electrons. The van der Waals surface area contributed by atoms with Gasteiger partial charge in [0.25, 0.3) is 0 Å². The maximum Gasteiger partial charge on any atom is 0.123 e. The third kappa shape index (κ3) is 3.70. The van der Waals surface area contributed by atoms with Crippen LogP contribution in [0.25, 0.3) is 0 Å². The van der Waals surface area contributed by atoms with E-state index in [1.54, 1.807) is 6.07 Å². The first kappa shape index (κ1) is 14.8. The van der Waals surface area contributed by atoms with E-state index in [0.717, 1.165) is 30.6 Å². The van der Waals surface area contributed by atoms with Crippen molar-refractivity contribution in [2.24, 2.45) is 0 Å². The number of aryl methyl sites for hydroxylation is 1. The molecule has 0 saturated carbocycles. The third-order valence-electron chi connectivity index (χ3n) is 3.63.